The number of halogens is 1. The highest BCUT2D eigenvalue weighted by Crippen LogP contribution is 2.25. The van der Waals surface area contributed by atoms with Gasteiger partial charge in [-0.1, -0.05) is 11.6 Å². The second-order valence-corrected chi connectivity index (χ2v) is 4.51. The molecule has 0 spiro atoms. The predicted octanol–water partition coefficient (Wildman–Crippen LogP) is 1.85. The number of nitrogens with one attached hydrogen (secondary N) is 1. The molecule has 16 heavy (non-hydrogen) atoms. The van der Waals surface area contributed by atoms with Gasteiger partial charge in [-0.2, -0.15) is 0 Å². The summed E-state index contributed by atoms with van der Waals surface area (Å²) in [4.78, 5) is 8.49. The van der Waals surface area contributed by atoms with Crippen molar-refractivity contribution in [3.8, 4) is 0 Å². The number of nitrogens with zero attached hydrogens (tertiary/aromatic N) is 3. The van der Waals surface area contributed by atoms with E-state index in [-0.39, 0.29) is 0 Å². The summed E-state index contributed by atoms with van der Waals surface area (Å²) in [5.74, 6) is 1.28. The Bertz CT molecular complexity index is 502. The smallest absolute Gasteiger partial charge is 0.235 e. The zero-order valence-corrected chi connectivity index (χ0v) is 9.61. The Morgan fingerprint density at radius 1 is 1.38 bits per heavy atom. The third-order valence-electron chi connectivity index (χ3n) is 3.13. The van der Waals surface area contributed by atoms with Gasteiger partial charge in [0.1, 0.15) is 5.15 Å². The molecule has 5 heteroatoms. The minimum absolute atomic E-state index is 0.495. The first-order valence-electron chi connectivity index (χ1n) is 5.55. The number of imidazole rings is 1. The van der Waals surface area contributed by atoms with Crippen molar-refractivity contribution in [2.75, 3.05) is 13.1 Å². The third kappa shape index (κ3) is 1.68. The predicted molar refractivity (Wildman–Crippen MR) is 62.8 cm³/mol. The highest BCUT2D eigenvalue weighted by Gasteiger charge is 2.18. The molecule has 1 N–H and O–H groups in total. The van der Waals surface area contributed by atoms with E-state index in [0.717, 1.165) is 25.9 Å². The lowest BCUT2D eigenvalue weighted by atomic mass is 9.95. The van der Waals surface area contributed by atoms with Gasteiger partial charge in [0.15, 0.2) is 0 Å². The normalized spacial score (nSPS) is 18.1. The molecule has 0 amide bonds. The van der Waals surface area contributed by atoms with Crippen LogP contribution < -0.4 is 5.32 Å². The van der Waals surface area contributed by atoms with Gasteiger partial charge in [0.2, 0.25) is 5.78 Å². The largest absolute Gasteiger partial charge is 0.317 e. The molecule has 4 nitrogen and oxygen atoms in total. The molecule has 1 aliphatic heterocycles. The van der Waals surface area contributed by atoms with E-state index in [2.05, 4.69) is 15.3 Å². The van der Waals surface area contributed by atoms with Gasteiger partial charge in [-0.25, -0.2) is 9.97 Å². The molecule has 2 aromatic rings. The van der Waals surface area contributed by atoms with E-state index < -0.39 is 0 Å². The molecule has 0 aliphatic carbocycles. The van der Waals surface area contributed by atoms with Crippen LogP contribution in [0.5, 0.6) is 0 Å². The van der Waals surface area contributed by atoms with Crippen molar-refractivity contribution in [3.05, 3.63) is 29.3 Å². The van der Waals surface area contributed by atoms with Gasteiger partial charge in [-0.3, -0.25) is 4.40 Å². The number of rotatable bonds is 1. The minimum atomic E-state index is 0.495. The molecule has 0 radical (unpaired) electrons. The minimum Gasteiger partial charge on any atom is -0.317 e. The summed E-state index contributed by atoms with van der Waals surface area (Å²) in [5, 5.41) is 3.86. The lowest BCUT2D eigenvalue weighted by molar-refractivity contribution is 0.451. The Morgan fingerprint density at radius 3 is 3.00 bits per heavy atom. The molecular weight excluding hydrogens is 224 g/mol. The zero-order chi connectivity index (χ0) is 11.0. The summed E-state index contributed by atoms with van der Waals surface area (Å²) >= 11 is 5.84. The van der Waals surface area contributed by atoms with Crippen LogP contribution in [0, 0.1) is 0 Å². The van der Waals surface area contributed by atoms with Crippen molar-refractivity contribution < 1.29 is 0 Å². The van der Waals surface area contributed by atoms with Crippen molar-refractivity contribution in [1.29, 1.82) is 0 Å². The average molecular weight is 237 g/mol. The molecule has 84 valence electrons. The van der Waals surface area contributed by atoms with E-state index in [1.807, 2.05) is 16.8 Å². The lowest BCUT2D eigenvalue weighted by Crippen LogP contribution is -2.27. The van der Waals surface area contributed by atoms with Crippen LogP contribution in [0.3, 0.4) is 0 Å². The van der Waals surface area contributed by atoms with Gasteiger partial charge in [-0.05, 0) is 32.0 Å². The van der Waals surface area contributed by atoms with Gasteiger partial charge >= 0.3 is 0 Å². The highest BCUT2D eigenvalue weighted by atomic mass is 35.5. The average Bonchev–Trinajstić information content (AvgIpc) is 2.73. The Kier molecular flexibility index (Phi) is 2.53. The van der Waals surface area contributed by atoms with Crippen LogP contribution in [0.15, 0.2) is 18.5 Å². The van der Waals surface area contributed by atoms with Crippen LogP contribution in [0.1, 0.15) is 24.5 Å². The fourth-order valence-electron chi connectivity index (χ4n) is 2.29. The summed E-state index contributed by atoms with van der Waals surface area (Å²) in [5.41, 5.74) is 1.25. The van der Waals surface area contributed by atoms with Gasteiger partial charge in [0.05, 0.1) is 6.20 Å². The number of aromatic nitrogens is 3. The van der Waals surface area contributed by atoms with Crippen molar-refractivity contribution in [2.45, 2.75) is 18.8 Å². The summed E-state index contributed by atoms with van der Waals surface area (Å²) in [6, 6.07) is 1.81. The summed E-state index contributed by atoms with van der Waals surface area (Å²) in [6.45, 7) is 2.16. The monoisotopic (exact) mass is 236 g/mol. The topological polar surface area (TPSA) is 42.2 Å². The van der Waals surface area contributed by atoms with E-state index in [4.69, 9.17) is 11.6 Å². The Labute approximate surface area is 98.7 Å². The van der Waals surface area contributed by atoms with E-state index in [1.54, 1.807) is 6.07 Å². The quantitative estimate of drug-likeness (QED) is 0.769. The Hall–Kier alpha value is -1.13. The molecule has 2 aromatic heterocycles. The van der Waals surface area contributed by atoms with E-state index >= 15 is 0 Å². The second kappa shape index (κ2) is 4.03. The van der Waals surface area contributed by atoms with Crippen LogP contribution in [-0.4, -0.2) is 27.5 Å². The number of fused-ring (bicyclic) bond motifs is 1. The Balaban J connectivity index is 2.03. The zero-order valence-electron chi connectivity index (χ0n) is 8.86. The van der Waals surface area contributed by atoms with Crippen molar-refractivity contribution in [2.24, 2.45) is 0 Å². The van der Waals surface area contributed by atoms with Crippen molar-refractivity contribution in [1.82, 2.24) is 19.7 Å². The summed E-state index contributed by atoms with van der Waals surface area (Å²) in [7, 11) is 0. The molecule has 0 aromatic carbocycles. The van der Waals surface area contributed by atoms with E-state index in [9.17, 15) is 0 Å². The fraction of sp³-hybridized carbons (Fsp3) is 0.455. The molecule has 1 fully saturated rings. The molecular formula is C11H13ClN4. The maximum Gasteiger partial charge on any atom is 0.235 e. The van der Waals surface area contributed by atoms with Gasteiger partial charge < -0.3 is 5.32 Å². The second-order valence-electron chi connectivity index (χ2n) is 4.13. The first-order valence-corrected chi connectivity index (χ1v) is 5.92. The SMILES string of the molecule is Clc1ccn2c(C3CCNCC3)cnc2n1. The molecule has 0 saturated carbocycles. The van der Waals surface area contributed by atoms with Gasteiger partial charge in [0.25, 0.3) is 0 Å². The first-order chi connectivity index (χ1) is 7.84. The number of hydrogen-bond donors (Lipinski definition) is 1. The summed E-state index contributed by atoms with van der Waals surface area (Å²) in [6.07, 6.45) is 6.20. The summed E-state index contributed by atoms with van der Waals surface area (Å²) < 4.78 is 2.04. The van der Waals surface area contributed by atoms with Crippen molar-refractivity contribution >= 4 is 17.4 Å². The van der Waals surface area contributed by atoms with E-state index in [1.165, 1.54) is 5.69 Å². The molecule has 1 aliphatic rings. The number of hydrogen-bond acceptors (Lipinski definition) is 3. The van der Waals surface area contributed by atoms with Crippen LogP contribution in [-0.2, 0) is 0 Å². The van der Waals surface area contributed by atoms with Crippen LogP contribution in [0.2, 0.25) is 5.15 Å². The van der Waals surface area contributed by atoms with Crippen LogP contribution in [0.4, 0.5) is 0 Å². The van der Waals surface area contributed by atoms with Gasteiger partial charge in [0, 0.05) is 17.8 Å². The van der Waals surface area contributed by atoms with Gasteiger partial charge in [-0.15, -0.1) is 0 Å². The van der Waals surface area contributed by atoms with E-state index in [0.29, 0.717) is 16.8 Å². The lowest BCUT2D eigenvalue weighted by Gasteiger charge is -2.21. The molecule has 0 unspecified atom stereocenters. The molecule has 1 saturated heterocycles. The highest BCUT2D eigenvalue weighted by molar-refractivity contribution is 6.29. The first kappa shape index (κ1) is 10.1. The number of piperidine rings is 1. The molecule has 0 atom stereocenters. The third-order valence-corrected chi connectivity index (χ3v) is 3.34. The fourth-order valence-corrected chi connectivity index (χ4v) is 2.42. The molecule has 3 heterocycles. The van der Waals surface area contributed by atoms with Crippen LogP contribution >= 0.6 is 11.6 Å². The molecule has 3 rings (SSSR count). The van der Waals surface area contributed by atoms with Crippen molar-refractivity contribution in [3.63, 3.8) is 0 Å². The molecule has 0 bridgehead atoms. The maximum atomic E-state index is 5.84. The maximum absolute atomic E-state index is 5.84. The Morgan fingerprint density at radius 2 is 2.19 bits per heavy atom. The van der Waals surface area contributed by atoms with Crippen LogP contribution in [0.25, 0.3) is 5.78 Å². The standard InChI is InChI=1S/C11H13ClN4/c12-10-3-6-16-9(7-14-11(16)15-10)8-1-4-13-5-2-8/h3,6-8,13H,1-2,4-5H2.